The molecule has 1 aliphatic heterocycles. The van der Waals surface area contributed by atoms with Crippen molar-refractivity contribution < 1.29 is 18.0 Å². The van der Waals surface area contributed by atoms with Crippen LogP contribution in [0.4, 0.5) is 13.2 Å². The molecule has 3 rings (SSSR count). The van der Waals surface area contributed by atoms with Crippen LogP contribution in [0.15, 0.2) is 30.5 Å². The molecular formula is C19H23F3N4O. The Hall–Kier alpha value is -2.35. The van der Waals surface area contributed by atoms with Gasteiger partial charge in [-0.15, -0.1) is 0 Å². The van der Waals surface area contributed by atoms with Crippen LogP contribution >= 0.6 is 0 Å². The largest absolute Gasteiger partial charge is 0.434 e. The molecule has 1 aromatic carbocycles. The molecular weight excluding hydrogens is 357 g/mol. The van der Waals surface area contributed by atoms with E-state index in [1.54, 1.807) is 24.3 Å². The number of aryl methyl sites for hydroxylation is 1. The molecule has 5 nitrogen and oxygen atoms in total. The second-order valence-corrected chi connectivity index (χ2v) is 7.40. The summed E-state index contributed by atoms with van der Waals surface area (Å²) in [5.41, 5.74) is -0.448. The standard InChI is InChI=1S/C19H23F3N4O/c1-13-3-5-14(6-4-13)26-16(19(20,21)22)15(11-25-26)17(27)24-12-18(2)7-9-23-10-8-18/h3-6,11,23H,7-10,12H2,1-2H3,(H,24,27). The molecule has 2 heterocycles. The van der Waals surface area contributed by atoms with E-state index in [4.69, 9.17) is 0 Å². The molecule has 1 saturated heterocycles. The lowest BCUT2D eigenvalue weighted by Gasteiger charge is -2.34. The minimum Gasteiger partial charge on any atom is -0.351 e. The number of piperidine rings is 1. The first-order valence-corrected chi connectivity index (χ1v) is 8.91. The first-order valence-electron chi connectivity index (χ1n) is 8.91. The Kier molecular flexibility index (Phi) is 5.28. The van der Waals surface area contributed by atoms with Crippen LogP contribution in [0.25, 0.3) is 5.69 Å². The number of carbonyl (C=O) groups is 1. The molecule has 27 heavy (non-hydrogen) atoms. The van der Waals surface area contributed by atoms with E-state index in [1.807, 2.05) is 13.8 Å². The van der Waals surface area contributed by atoms with Crippen molar-refractivity contribution in [1.29, 1.82) is 0 Å². The molecule has 0 unspecified atom stereocenters. The van der Waals surface area contributed by atoms with Crippen molar-refractivity contribution in [2.45, 2.75) is 32.9 Å². The van der Waals surface area contributed by atoms with Crippen molar-refractivity contribution in [3.63, 3.8) is 0 Å². The third-order valence-corrected chi connectivity index (χ3v) is 5.05. The van der Waals surface area contributed by atoms with Gasteiger partial charge in [0.05, 0.1) is 17.4 Å². The Bertz CT molecular complexity index is 805. The average molecular weight is 380 g/mol. The minimum atomic E-state index is -4.70. The van der Waals surface area contributed by atoms with E-state index in [1.165, 1.54) is 0 Å². The van der Waals surface area contributed by atoms with Crippen molar-refractivity contribution in [3.8, 4) is 5.69 Å². The van der Waals surface area contributed by atoms with Crippen LogP contribution in [0.2, 0.25) is 0 Å². The summed E-state index contributed by atoms with van der Waals surface area (Å²) in [7, 11) is 0. The summed E-state index contributed by atoms with van der Waals surface area (Å²) in [5, 5.41) is 9.76. The van der Waals surface area contributed by atoms with Gasteiger partial charge in [-0.2, -0.15) is 18.3 Å². The van der Waals surface area contributed by atoms with E-state index in [0.29, 0.717) is 6.54 Å². The molecule has 146 valence electrons. The normalized spacial score (nSPS) is 16.9. The number of nitrogens with one attached hydrogen (secondary N) is 2. The van der Waals surface area contributed by atoms with Gasteiger partial charge in [-0.3, -0.25) is 4.79 Å². The number of hydrogen-bond donors (Lipinski definition) is 2. The summed E-state index contributed by atoms with van der Waals surface area (Å²) in [4.78, 5) is 12.5. The van der Waals surface area contributed by atoms with Gasteiger partial charge in [0.25, 0.3) is 5.91 Å². The highest BCUT2D eigenvalue weighted by Gasteiger charge is 2.41. The third-order valence-electron chi connectivity index (χ3n) is 5.05. The van der Waals surface area contributed by atoms with Crippen LogP contribution in [0.3, 0.4) is 0 Å². The molecule has 0 radical (unpaired) electrons. The number of nitrogens with zero attached hydrogens (tertiary/aromatic N) is 2. The summed E-state index contributed by atoms with van der Waals surface area (Å²) in [5.74, 6) is -0.750. The predicted molar refractivity (Wildman–Crippen MR) is 95.8 cm³/mol. The van der Waals surface area contributed by atoms with Gasteiger partial charge in [-0.1, -0.05) is 24.6 Å². The topological polar surface area (TPSA) is 59.0 Å². The van der Waals surface area contributed by atoms with Gasteiger partial charge in [0.15, 0.2) is 5.69 Å². The maximum absolute atomic E-state index is 13.7. The quantitative estimate of drug-likeness (QED) is 0.856. The Morgan fingerprint density at radius 1 is 1.26 bits per heavy atom. The maximum atomic E-state index is 13.7. The molecule has 0 aliphatic carbocycles. The van der Waals surface area contributed by atoms with Gasteiger partial charge >= 0.3 is 6.18 Å². The molecule has 0 spiro atoms. The average Bonchev–Trinajstić information content (AvgIpc) is 3.07. The molecule has 1 fully saturated rings. The molecule has 0 saturated carbocycles. The molecule has 1 amide bonds. The highest BCUT2D eigenvalue weighted by atomic mass is 19.4. The number of amides is 1. The predicted octanol–water partition coefficient (Wildman–Crippen LogP) is 3.32. The molecule has 1 aromatic heterocycles. The molecule has 2 aromatic rings. The van der Waals surface area contributed by atoms with E-state index in [-0.39, 0.29) is 11.1 Å². The highest BCUT2D eigenvalue weighted by molar-refractivity contribution is 5.95. The van der Waals surface area contributed by atoms with Gasteiger partial charge in [0, 0.05) is 6.54 Å². The molecule has 0 bridgehead atoms. The number of halogens is 3. The van der Waals surface area contributed by atoms with Gasteiger partial charge in [0.1, 0.15) is 0 Å². The van der Waals surface area contributed by atoms with E-state index < -0.39 is 23.3 Å². The van der Waals surface area contributed by atoms with E-state index in [2.05, 4.69) is 15.7 Å². The molecule has 8 heteroatoms. The fourth-order valence-electron chi connectivity index (χ4n) is 3.27. The fraction of sp³-hybridized carbons (Fsp3) is 0.474. The monoisotopic (exact) mass is 380 g/mol. The first kappa shape index (κ1) is 19.4. The summed E-state index contributed by atoms with van der Waals surface area (Å²) < 4.78 is 41.8. The second kappa shape index (κ2) is 7.34. The number of aromatic nitrogens is 2. The zero-order chi connectivity index (χ0) is 19.7. The summed E-state index contributed by atoms with van der Waals surface area (Å²) in [6.07, 6.45) is -1.99. The van der Waals surface area contributed by atoms with Crippen molar-refractivity contribution in [1.82, 2.24) is 20.4 Å². The second-order valence-electron chi connectivity index (χ2n) is 7.40. The zero-order valence-corrected chi connectivity index (χ0v) is 15.4. The van der Waals surface area contributed by atoms with E-state index in [9.17, 15) is 18.0 Å². The number of alkyl halides is 3. The highest BCUT2D eigenvalue weighted by Crippen LogP contribution is 2.34. The van der Waals surface area contributed by atoms with E-state index >= 15 is 0 Å². The number of hydrogen-bond acceptors (Lipinski definition) is 3. The number of rotatable bonds is 4. The van der Waals surface area contributed by atoms with E-state index in [0.717, 1.165) is 42.4 Å². The van der Waals surface area contributed by atoms with Gasteiger partial charge in [-0.25, -0.2) is 4.68 Å². The molecule has 1 aliphatic rings. The van der Waals surface area contributed by atoms with Gasteiger partial charge in [-0.05, 0) is 50.4 Å². The van der Waals surface area contributed by atoms with Gasteiger partial charge < -0.3 is 10.6 Å². The van der Waals surface area contributed by atoms with Crippen molar-refractivity contribution in [2.75, 3.05) is 19.6 Å². The zero-order valence-electron chi connectivity index (χ0n) is 15.4. The smallest absolute Gasteiger partial charge is 0.351 e. The Morgan fingerprint density at radius 3 is 2.48 bits per heavy atom. The summed E-state index contributed by atoms with van der Waals surface area (Å²) in [6.45, 7) is 5.89. The Morgan fingerprint density at radius 2 is 1.89 bits per heavy atom. The third kappa shape index (κ3) is 4.32. The Labute approximate surface area is 155 Å². The molecule has 2 N–H and O–H groups in total. The van der Waals surface area contributed by atoms with Crippen molar-refractivity contribution in [3.05, 3.63) is 47.3 Å². The van der Waals surface area contributed by atoms with Crippen LogP contribution in [-0.2, 0) is 6.18 Å². The van der Waals surface area contributed by atoms with Crippen molar-refractivity contribution >= 4 is 5.91 Å². The summed E-state index contributed by atoms with van der Waals surface area (Å²) in [6, 6.07) is 6.51. The summed E-state index contributed by atoms with van der Waals surface area (Å²) >= 11 is 0. The lowest BCUT2D eigenvalue weighted by atomic mass is 9.81. The van der Waals surface area contributed by atoms with Crippen LogP contribution in [0, 0.1) is 12.3 Å². The van der Waals surface area contributed by atoms with Crippen LogP contribution in [0.5, 0.6) is 0 Å². The van der Waals surface area contributed by atoms with Crippen LogP contribution in [0.1, 0.15) is 41.4 Å². The maximum Gasteiger partial charge on any atom is 0.434 e. The lowest BCUT2D eigenvalue weighted by Crippen LogP contribution is -2.43. The molecule has 0 atom stereocenters. The fourth-order valence-corrected chi connectivity index (χ4v) is 3.27. The van der Waals surface area contributed by atoms with Gasteiger partial charge in [0.2, 0.25) is 0 Å². The number of carbonyl (C=O) groups excluding carboxylic acids is 1. The Balaban J connectivity index is 1.86. The van der Waals surface area contributed by atoms with Crippen LogP contribution in [-0.4, -0.2) is 35.3 Å². The van der Waals surface area contributed by atoms with Crippen LogP contribution < -0.4 is 10.6 Å². The minimum absolute atomic E-state index is 0.119. The number of benzene rings is 1. The van der Waals surface area contributed by atoms with Crippen molar-refractivity contribution in [2.24, 2.45) is 5.41 Å². The first-order chi connectivity index (χ1) is 12.7. The SMILES string of the molecule is Cc1ccc(-n2ncc(C(=O)NCC3(C)CCNCC3)c2C(F)(F)F)cc1. The lowest BCUT2D eigenvalue weighted by molar-refractivity contribution is -0.143.